The Morgan fingerprint density at radius 2 is 1.83 bits per heavy atom. The fourth-order valence-corrected chi connectivity index (χ4v) is 3.11. The second-order valence-corrected chi connectivity index (χ2v) is 6.40. The van der Waals surface area contributed by atoms with Crippen LogP contribution in [0.5, 0.6) is 0 Å². The summed E-state index contributed by atoms with van der Waals surface area (Å²) in [6.45, 7) is 6.39. The summed E-state index contributed by atoms with van der Waals surface area (Å²) in [6, 6.07) is 12.2. The highest BCUT2D eigenvalue weighted by Gasteiger charge is 2.17. The van der Waals surface area contributed by atoms with E-state index in [2.05, 4.69) is 36.2 Å². The van der Waals surface area contributed by atoms with E-state index in [0.29, 0.717) is 5.02 Å². The van der Waals surface area contributed by atoms with Crippen molar-refractivity contribution in [2.24, 2.45) is 0 Å². The van der Waals surface area contributed by atoms with E-state index in [1.54, 1.807) is 0 Å². The summed E-state index contributed by atoms with van der Waals surface area (Å²) >= 11 is 6.09. The Labute approximate surface area is 147 Å². The Bertz CT molecular complexity index is 813. The van der Waals surface area contributed by atoms with Crippen LogP contribution in [-0.4, -0.2) is 14.8 Å². The van der Waals surface area contributed by atoms with E-state index in [4.69, 9.17) is 11.6 Å². The van der Waals surface area contributed by atoms with Gasteiger partial charge in [-0.2, -0.15) is 5.10 Å². The lowest BCUT2D eigenvalue weighted by Crippen LogP contribution is -2.22. The largest absolute Gasteiger partial charge is 0.304 e. The van der Waals surface area contributed by atoms with Gasteiger partial charge in [0.15, 0.2) is 0 Å². The number of halogens is 1. The standard InChI is InChI=1S/C19H21ClN4/c1-13(16-7-9-21-10-8-16)23-14(2)19-12-22-24(15(19)3)18-6-4-5-17(20)11-18/h4-14,23H,1-3H3/t13-,14+/m1/s1. The van der Waals surface area contributed by atoms with Gasteiger partial charge in [-0.1, -0.05) is 17.7 Å². The first-order chi connectivity index (χ1) is 11.6. The van der Waals surface area contributed by atoms with Crippen molar-refractivity contribution in [3.8, 4) is 5.69 Å². The lowest BCUT2D eigenvalue weighted by molar-refractivity contribution is 0.492. The van der Waals surface area contributed by atoms with E-state index in [1.165, 1.54) is 11.1 Å². The predicted molar refractivity (Wildman–Crippen MR) is 97.5 cm³/mol. The molecule has 0 bridgehead atoms. The molecule has 2 heterocycles. The highest BCUT2D eigenvalue weighted by Crippen LogP contribution is 2.24. The molecule has 2 aromatic heterocycles. The molecule has 0 radical (unpaired) electrons. The van der Waals surface area contributed by atoms with E-state index in [9.17, 15) is 0 Å². The van der Waals surface area contributed by atoms with Gasteiger partial charge >= 0.3 is 0 Å². The summed E-state index contributed by atoms with van der Waals surface area (Å²) in [5.74, 6) is 0. The van der Waals surface area contributed by atoms with Gasteiger partial charge in [-0.15, -0.1) is 0 Å². The van der Waals surface area contributed by atoms with E-state index in [-0.39, 0.29) is 12.1 Å². The topological polar surface area (TPSA) is 42.7 Å². The fourth-order valence-electron chi connectivity index (χ4n) is 2.93. The zero-order valence-electron chi connectivity index (χ0n) is 14.1. The van der Waals surface area contributed by atoms with Gasteiger partial charge in [0.25, 0.3) is 0 Å². The quantitative estimate of drug-likeness (QED) is 0.735. The SMILES string of the molecule is Cc1c([C@H](C)N[C@H](C)c2ccncc2)cnn1-c1cccc(Cl)c1. The highest BCUT2D eigenvalue weighted by atomic mass is 35.5. The minimum absolute atomic E-state index is 0.182. The third-order valence-corrected chi connectivity index (χ3v) is 4.51. The average Bonchev–Trinajstić information content (AvgIpc) is 2.97. The zero-order chi connectivity index (χ0) is 17.1. The second-order valence-electron chi connectivity index (χ2n) is 5.97. The van der Waals surface area contributed by atoms with Crippen LogP contribution in [0.3, 0.4) is 0 Å². The Hall–Kier alpha value is -2.17. The first kappa shape index (κ1) is 16.7. The van der Waals surface area contributed by atoms with Crippen LogP contribution in [0.2, 0.25) is 5.02 Å². The Balaban J connectivity index is 1.80. The molecular weight excluding hydrogens is 320 g/mol. The van der Waals surface area contributed by atoms with Gasteiger partial charge in [-0.25, -0.2) is 4.68 Å². The Kier molecular flexibility index (Phi) is 4.97. The van der Waals surface area contributed by atoms with E-state index in [1.807, 2.05) is 59.7 Å². The first-order valence-corrected chi connectivity index (χ1v) is 8.40. The molecule has 0 fully saturated rings. The average molecular weight is 341 g/mol. The zero-order valence-corrected chi connectivity index (χ0v) is 14.8. The molecule has 0 unspecified atom stereocenters. The maximum absolute atomic E-state index is 6.09. The number of rotatable bonds is 5. The number of hydrogen-bond acceptors (Lipinski definition) is 3. The van der Waals surface area contributed by atoms with E-state index >= 15 is 0 Å². The minimum Gasteiger partial charge on any atom is -0.304 e. The van der Waals surface area contributed by atoms with Gasteiger partial charge in [-0.05, 0) is 56.7 Å². The van der Waals surface area contributed by atoms with Crippen LogP contribution >= 0.6 is 11.6 Å². The van der Waals surface area contributed by atoms with Crippen molar-refractivity contribution in [3.63, 3.8) is 0 Å². The third kappa shape index (κ3) is 3.50. The molecule has 0 saturated heterocycles. The second kappa shape index (κ2) is 7.16. The van der Waals surface area contributed by atoms with Crippen LogP contribution in [0, 0.1) is 6.92 Å². The molecule has 3 rings (SSSR count). The molecule has 0 aliphatic rings. The minimum atomic E-state index is 0.182. The predicted octanol–water partition coefficient (Wildman–Crippen LogP) is 4.64. The maximum atomic E-state index is 6.09. The summed E-state index contributed by atoms with van der Waals surface area (Å²) in [4.78, 5) is 4.07. The van der Waals surface area contributed by atoms with Crippen LogP contribution in [0.25, 0.3) is 5.69 Å². The van der Waals surface area contributed by atoms with Gasteiger partial charge in [0.1, 0.15) is 0 Å². The van der Waals surface area contributed by atoms with Crippen molar-refractivity contribution >= 4 is 11.6 Å². The van der Waals surface area contributed by atoms with Crippen molar-refractivity contribution in [1.29, 1.82) is 0 Å². The lowest BCUT2D eigenvalue weighted by atomic mass is 10.1. The first-order valence-electron chi connectivity index (χ1n) is 8.02. The molecule has 0 aliphatic carbocycles. The fraction of sp³-hybridized carbons (Fsp3) is 0.263. The van der Waals surface area contributed by atoms with Gasteiger partial charge in [-0.3, -0.25) is 4.98 Å². The molecule has 1 aromatic carbocycles. The molecule has 2 atom stereocenters. The number of hydrogen-bond donors (Lipinski definition) is 1. The molecular formula is C19H21ClN4. The normalized spacial score (nSPS) is 13.7. The van der Waals surface area contributed by atoms with Gasteiger partial charge < -0.3 is 5.32 Å². The van der Waals surface area contributed by atoms with Gasteiger partial charge in [0.2, 0.25) is 0 Å². The maximum Gasteiger partial charge on any atom is 0.0663 e. The van der Waals surface area contributed by atoms with Crippen LogP contribution in [0.15, 0.2) is 55.0 Å². The summed E-state index contributed by atoms with van der Waals surface area (Å²) in [5.41, 5.74) is 4.48. The smallest absolute Gasteiger partial charge is 0.0663 e. The molecule has 3 aromatic rings. The van der Waals surface area contributed by atoms with Gasteiger partial charge in [0.05, 0.1) is 11.9 Å². The summed E-state index contributed by atoms with van der Waals surface area (Å²) in [5, 5.41) is 8.87. The van der Waals surface area contributed by atoms with E-state index < -0.39 is 0 Å². The molecule has 0 spiro atoms. The number of nitrogens with zero attached hydrogens (tertiary/aromatic N) is 3. The van der Waals surface area contributed by atoms with E-state index in [0.717, 1.165) is 11.4 Å². The summed E-state index contributed by atoms with van der Waals surface area (Å²) in [6.07, 6.45) is 5.56. The van der Waals surface area contributed by atoms with Crippen LogP contribution in [-0.2, 0) is 0 Å². The molecule has 4 nitrogen and oxygen atoms in total. The summed E-state index contributed by atoms with van der Waals surface area (Å²) < 4.78 is 1.93. The number of nitrogens with one attached hydrogen (secondary N) is 1. The van der Waals surface area contributed by atoms with Crippen molar-refractivity contribution < 1.29 is 0 Å². The molecule has 1 N–H and O–H groups in total. The molecule has 5 heteroatoms. The van der Waals surface area contributed by atoms with Crippen LogP contribution in [0.4, 0.5) is 0 Å². The monoisotopic (exact) mass is 340 g/mol. The Morgan fingerprint density at radius 3 is 2.54 bits per heavy atom. The lowest BCUT2D eigenvalue weighted by Gasteiger charge is -2.20. The number of aromatic nitrogens is 3. The third-order valence-electron chi connectivity index (χ3n) is 4.27. The van der Waals surface area contributed by atoms with Crippen molar-refractivity contribution in [3.05, 3.63) is 76.8 Å². The van der Waals surface area contributed by atoms with Crippen LogP contribution < -0.4 is 5.32 Å². The van der Waals surface area contributed by atoms with Crippen molar-refractivity contribution in [2.75, 3.05) is 0 Å². The van der Waals surface area contributed by atoms with Gasteiger partial charge in [0, 0.05) is 40.8 Å². The number of pyridine rings is 1. The Morgan fingerprint density at radius 1 is 1.08 bits per heavy atom. The van der Waals surface area contributed by atoms with Crippen molar-refractivity contribution in [2.45, 2.75) is 32.9 Å². The molecule has 0 aliphatic heterocycles. The molecule has 0 amide bonds. The number of benzene rings is 1. The van der Waals surface area contributed by atoms with Crippen LogP contribution in [0.1, 0.15) is 42.8 Å². The summed E-state index contributed by atoms with van der Waals surface area (Å²) in [7, 11) is 0. The molecule has 124 valence electrons. The highest BCUT2D eigenvalue weighted by molar-refractivity contribution is 6.30. The molecule has 0 saturated carbocycles. The van der Waals surface area contributed by atoms with Crippen molar-refractivity contribution in [1.82, 2.24) is 20.1 Å². The molecule has 24 heavy (non-hydrogen) atoms.